The largest absolute Gasteiger partial charge is 1.00 e. The molecule has 0 aromatic rings. The second-order valence-electron chi connectivity index (χ2n) is 17.7. The van der Waals surface area contributed by atoms with E-state index in [9.17, 15) is 39.9 Å². The molecular formula is C42H63N2NaO10. The first-order valence-electron chi connectivity index (χ1n) is 19.7. The van der Waals surface area contributed by atoms with Crippen molar-refractivity contribution in [2.75, 3.05) is 26.4 Å². The van der Waals surface area contributed by atoms with Gasteiger partial charge in [-0.1, -0.05) is 40.2 Å². The Hall–Kier alpha value is -1.84. The minimum absolute atomic E-state index is 0. The third-order valence-corrected chi connectivity index (χ3v) is 15.3. The van der Waals surface area contributed by atoms with Crippen molar-refractivity contribution in [3.8, 4) is 12.1 Å². The quantitative estimate of drug-likeness (QED) is 0.300. The number of allylic oxidation sites excluding steroid dienone is 2. The zero-order valence-electron chi connectivity index (χ0n) is 34.4. The Morgan fingerprint density at radius 1 is 0.782 bits per heavy atom. The summed E-state index contributed by atoms with van der Waals surface area (Å²) < 4.78 is 5.68. The van der Waals surface area contributed by atoms with Gasteiger partial charge in [0.05, 0.1) is 35.0 Å². The molecule has 0 aromatic carbocycles. The van der Waals surface area contributed by atoms with Crippen LogP contribution >= 0.6 is 0 Å². The SMILES string of the molecule is CCO.C[C@@H]1CCC2=C(C(=O)CC2)[C@]1(C)C(=O)CO.C[C@@H]1CC[C@@]2(C#N)CCC(=O)[C@H]2[C@]1(C)C(=O)CO.C[C@@H]1CC[C@]2(C#N)CC[C@]3(O)OC[C@@]1(C)[C@H]23.[Na+].[OH-]. The number of nitriles is 2. The normalized spacial score (nSPS) is 41.7. The van der Waals surface area contributed by atoms with Crippen LogP contribution in [0.5, 0.6) is 0 Å². The van der Waals surface area contributed by atoms with E-state index in [1.54, 1.807) is 13.8 Å². The summed E-state index contributed by atoms with van der Waals surface area (Å²) in [6.45, 7) is 13.5. The van der Waals surface area contributed by atoms with Gasteiger partial charge >= 0.3 is 29.6 Å². The Bertz CT molecular complexity index is 1590. The van der Waals surface area contributed by atoms with Crippen LogP contribution in [0, 0.1) is 79.3 Å². The number of aliphatic hydroxyl groups is 4. The fourth-order valence-corrected chi connectivity index (χ4v) is 11.5. The second-order valence-corrected chi connectivity index (χ2v) is 17.7. The molecule has 302 valence electrons. The van der Waals surface area contributed by atoms with Crippen molar-refractivity contribution in [2.45, 2.75) is 131 Å². The summed E-state index contributed by atoms with van der Waals surface area (Å²) in [5.41, 5.74) is -0.751. The summed E-state index contributed by atoms with van der Waals surface area (Å²) in [7, 11) is 0. The maximum atomic E-state index is 12.2. The Morgan fingerprint density at radius 2 is 1.35 bits per heavy atom. The average molecular weight is 779 g/mol. The first kappa shape index (κ1) is 49.3. The van der Waals surface area contributed by atoms with Crippen molar-refractivity contribution in [3.05, 3.63) is 11.1 Å². The molecule has 13 heteroatoms. The molecule has 5 fully saturated rings. The third-order valence-electron chi connectivity index (χ3n) is 15.3. The summed E-state index contributed by atoms with van der Waals surface area (Å²) >= 11 is 0. The van der Waals surface area contributed by atoms with Gasteiger partial charge in [0.2, 0.25) is 0 Å². The van der Waals surface area contributed by atoms with Crippen LogP contribution in [0.1, 0.15) is 126 Å². The number of hydrogen-bond donors (Lipinski definition) is 4. The van der Waals surface area contributed by atoms with Crippen molar-refractivity contribution < 1.29 is 79.4 Å². The van der Waals surface area contributed by atoms with E-state index >= 15 is 0 Å². The van der Waals surface area contributed by atoms with E-state index in [0.717, 1.165) is 56.1 Å². The molecule has 1 aliphatic heterocycles. The van der Waals surface area contributed by atoms with Crippen LogP contribution in [0.3, 0.4) is 0 Å². The van der Waals surface area contributed by atoms with Crippen molar-refractivity contribution >= 4 is 23.1 Å². The average Bonchev–Trinajstić information content (AvgIpc) is 3.88. The molecule has 11 atom stereocenters. The van der Waals surface area contributed by atoms with E-state index in [2.05, 4.69) is 26.0 Å². The minimum atomic E-state index is -1.01. The number of carbonyl (C=O) groups excluding carboxylic acids is 4. The van der Waals surface area contributed by atoms with E-state index in [0.29, 0.717) is 44.6 Å². The fourth-order valence-electron chi connectivity index (χ4n) is 11.5. The van der Waals surface area contributed by atoms with Gasteiger partial charge in [0.15, 0.2) is 23.1 Å². The van der Waals surface area contributed by atoms with E-state index < -0.39 is 41.2 Å². The molecule has 0 unspecified atom stereocenters. The van der Waals surface area contributed by atoms with Crippen molar-refractivity contribution in [3.63, 3.8) is 0 Å². The van der Waals surface area contributed by atoms with Crippen molar-refractivity contribution in [2.24, 2.45) is 56.7 Å². The number of rotatable bonds is 4. The number of nitrogens with zero attached hydrogens (tertiary/aromatic N) is 2. The van der Waals surface area contributed by atoms with Crippen LogP contribution < -0.4 is 29.6 Å². The summed E-state index contributed by atoms with van der Waals surface area (Å²) in [5, 5.41) is 55.4. The van der Waals surface area contributed by atoms with Crippen molar-refractivity contribution in [1.29, 1.82) is 10.5 Å². The van der Waals surface area contributed by atoms with Crippen LogP contribution in [0.25, 0.3) is 0 Å². The standard InChI is InChI=1S/C14H19NO3.C13H19NO2.C13H18O3.C2H6O.Na.H2O/c1-9-3-5-14(8-15)6-4-10(17)12(14)13(9,2)11(18)7-16;1-9-3-4-12(7-14)5-6-13(15)10(12)11(9,2)8-16-13;1-8-3-4-9-5-6-10(15)12(9)13(8,2)11(16)7-14;1-2-3;;/h9,12,16H,3-7H2,1-2H3;9-10,15H,3-6,8H2,1-2H3;8,14H,3-7H2,1-2H3;3H,2H2,1H3;;1H2/q;;;;+1;/p-1/t9-,12+,13+,14+;9-,10-,11-,12-,13+;8-,13+;;;/m111.../s1. The zero-order valence-corrected chi connectivity index (χ0v) is 36.4. The maximum Gasteiger partial charge on any atom is 1.00 e. The number of fused-ring (bicyclic) bond motifs is 1. The predicted octanol–water partition coefficient (Wildman–Crippen LogP) is 2.00. The van der Waals surface area contributed by atoms with Gasteiger partial charge in [0.25, 0.3) is 0 Å². The molecule has 0 bridgehead atoms. The van der Waals surface area contributed by atoms with Crippen LogP contribution in [0.2, 0.25) is 0 Å². The van der Waals surface area contributed by atoms with Gasteiger partial charge in [-0.05, 0) is 89.4 Å². The summed E-state index contributed by atoms with van der Waals surface area (Å²) in [5.74, 6) is -1.18. The van der Waals surface area contributed by atoms with Crippen LogP contribution in [0.15, 0.2) is 11.1 Å². The number of hydrogen-bond acceptors (Lipinski definition) is 12. The molecule has 1 heterocycles. The summed E-state index contributed by atoms with van der Waals surface area (Å²) in [4.78, 5) is 48.2. The van der Waals surface area contributed by atoms with Gasteiger partial charge in [0.1, 0.15) is 19.0 Å². The second kappa shape index (κ2) is 18.4. The predicted molar refractivity (Wildman–Crippen MR) is 197 cm³/mol. The van der Waals surface area contributed by atoms with E-state index in [1.165, 1.54) is 0 Å². The summed E-state index contributed by atoms with van der Waals surface area (Å²) in [6, 6.07) is 4.82. The molecule has 0 radical (unpaired) electrons. The monoisotopic (exact) mass is 778 g/mol. The minimum Gasteiger partial charge on any atom is -0.870 e. The van der Waals surface area contributed by atoms with Crippen molar-refractivity contribution in [1.82, 2.24) is 0 Å². The molecule has 5 N–H and O–H groups in total. The number of aliphatic hydroxyl groups excluding tert-OH is 3. The molecule has 0 spiro atoms. The van der Waals surface area contributed by atoms with Gasteiger partial charge in [-0.25, -0.2) is 0 Å². The molecule has 55 heavy (non-hydrogen) atoms. The Labute approximate surface area is 349 Å². The Balaban J connectivity index is 0.000000271. The number of ether oxygens (including phenoxy) is 1. The molecule has 0 amide bonds. The molecule has 4 saturated carbocycles. The van der Waals surface area contributed by atoms with Gasteiger partial charge in [0, 0.05) is 54.1 Å². The molecule has 0 aromatic heterocycles. The first-order chi connectivity index (χ1) is 24.8. The van der Waals surface area contributed by atoms with E-state index in [1.807, 2.05) is 20.8 Å². The van der Waals surface area contributed by atoms with Gasteiger partial charge in [-0.2, -0.15) is 10.5 Å². The molecule has 7 aliphatic rings. The number of carbonyl (C=O) groups is 4. The first-order valence-corrected chi connectivity index (χ1v) is 19.7. The molecule has 7 rings (SSSR count). The van der Waals surface area contributed by atoms with E-state index in [-0.39, 0.29) is 93.4 Å². The van der Waals surface area contributed by atoms with Gasteiger partial charge in [-0.3, -0.25) is 19.2 Å². The van der Waals surface area contributed by atoms with Crippen LogP contribution in [-0.4, -0.2) is 81.2 Å². The topological polar surface area (TPSA) is 236 Å². The van der Waals surface area contributed by atoms with E-state index in [4.69, 9.17) is 14.9 Å². The molecule has 12 nitrogen and oxygen atoms in total. The van der Waals surface area contributed by atoms with Gasteiger partial charge < -0.3 is 30.6 Å². The zero-order chi connectivity index (χ0) is 39.8. The Morgan fingerprint density at radius 3 is 1.91 bits per heavy atom. The molecule has 6 aliphatic carbocycles. The number of ketones is 4. The smallest absolute Gasteiger partial charge is 0.870 e. The van der Waals surface area contributed by atoms with Gasteiger partial charge in [-0.15, -0.1) is 0 Å². The molecular weight excluding hydrogens is 715 g/mol. The third kappa shape index (κ3) is 7.99. The number of Topliss-reactive ketones (excluding diaryl/α,β-unsaturated/α-hetero) is 4. The van der Waals surface area contributed by atoms with Crippen LogP contribution in [0.4, 0.5) is 0 Å². The maximum absolute atomic E-state index is 12.2. The summed E-state index contributed by atoms with van der Waals surface area (Å²) in [6.07, 6.45) is 9.09. The van der Waals surface area contributed by atoms with Crippen LogP contribution in [-0.2, 0) is 23.9 Å². The fraction of sp³-hybridized carbons (Fsp3) is 0.810. The Kier molecular flexibility index (Phi) is 16.5. The molecule has 1 saturated heterocycles.